The number of carbonyl (C=O) groups excluding carboxylic acids is 1. The van der Waals surface area contributed by atoms with Crippen LogP contribution in [0.15, 0.2) is 42.5 Å². The first-order valence-corrected chi connectivity index (χ1v) is 10.9. The van der Waals surface area contributed by atoms with E-state index < -0.39 is 15.6 Å². The smallest absolute Gasteiger partial charge is 0.241 e. The van der Waals surface area contributed by atoms with Crippen LogP contribution in [0.25, 0.3) is 10.8 Å². The number of carbonyl (C=O) groups is 1. The lowest BCUT2D eigenvalue weighted by Gasteiger charge is -2.34. The molecule has 0 fully saturated rings. The normalized spacial score (nSPS) is 12.8. The van der Waals surface area contributed by atoms with Crippen LogP contribution in [0.3, 0.4) is 0 Å². The van der Waals surface area contributed by atoms with Crippen LogP contribution in [0.5, 0.6) is 0 Å². The van der Waals surface area contributed by atoms with Crippen molar-refractivity contribution in [3.8, 4) is 0 Å². The van der Waals surface area contributed by atoms with Crippen molar-refractivity contribution in [2.45, 2.75) is 46.6 Å². The average molecular weight is 391 g/mol. The van der Waals surface area contributed by atoms with Gasteiger partial charge in [-0.15, -0.1) is 0 Å². The topological polar surface area (TPSA) is 66.5 Å². The van der Waals surface area contributed by atoms with Gasteiger partial charge in [-0.05, 0) is 37.1 Å². The van der Waals surface area contributed by atoms with Gasteiger partial charge in [0, 0.05) is 10.9 Å². The highest BCUT2D eigenvalue weighted by atomic mass is 32.2. The molecule has 0 aliphatic heterocycles. The zero-order valence-electron chi connectivity index (χ0n) is 17.0. The molecule has 2 aromatic rings. The zero-order valence-corrected chi connectivity index (χ0v) is 17.9. The molecule has 5 nitrogen and oxygen atoms in total. The second kappa shape index (κ2) is 7.50. The Hall–Kier alpha value is -2.08. The second-order valence-corrected chi connectivity index (χ2v) is 10.8. The number of hydrogen-bond donors (Lipinski definition) is 1. The molecule has 0 aromatic heterocycles. The molecular formula is C21H30N2O3S. The fourth-order valence-electron chi connectivity index (χ4n) is 3.72. The van der Waals surface area contributed by atoms with E-state index in [9.17, 15) is 13.2 Å². The second-order valence-electron chi connectivity index (χ2n) is 8.94. The largest absolute Gasteiger partial charge is 0.350 e. The van der Waals surface area contributed by atoms with Gasteiger partial charge < -0.3 is 5.32 Å². The van der Waals surface area contributed by atoms with Gasteiger partial charge in [-0.1, -0.05) is 57.2 Å². The summed E-state index contributed by atoms with van der Waals surface area (Å²) in [6, 6.07) is 13.0. The monoisotopic (exact) mass is 390 g/mol. The van der Waals surface area contributed by atoms with Crippen LogP contribution in [0.4, 0.5) is 5.69 Å². The van der Waals surface area contributed by atoms with Crippen LogP contribution < -0.4 is 9.62 Å². The molecule has 1 N–H and O–H groups in total. The van der Waals surface area contributed by atoms with Crippen LogP contribution in [0.1, 0.15) is 41.0 Å². The van der Waals surface area contributed by atoms with Crippen LogP contribution in [0.2, 0.25) is 0 Å². The number of rotatable bonds is 6. The van der Waals surface area contributed by atoms with Gasteiger partial charge >= 0.3 is 0 Å². The Kier molecular flexibility index (Phi) is 5.90. The number of anilines is 1. The van der Waals surface area contributed by atoms with E-state index in [1.807, 2.05) is 44.2 Å². The lowest BCUT2D eigenvalue weighted by Crippen LogP contribution is -2.50. The third kappa shape index (κ3) is 5.96. The van der Waals surface area contributed by atoms with E-state index >= 15 is 0 Å². The minimum Gasteiger partial charge on any atom is -0.350 e. The van der Waals surface area contributed by atoms with E-state index in [2.05, 4.69) is 26.1 Å². The van der Waals surface area contributed by atoms with Crippen LogP contribution >= 0.6 is 0 Å². The predicted octanol–water partition coefficient (Wildman–Crippen LogP) is 3.94. The van der Waals surface area contributed by atoms with E-state index in [0.717, 1.165) is 23.4 Å². The number of hydrogen-bond acceptors (Lipinski definition) is 3. The first kappa shape index (κ1) is 21.2. The summed E-state index contributed by atoms with van der Waals surface area (Å²) < 4.78 is 26.1. The van der Waals surface area contributed by atoms with Gasteiger partial charge in [0.25, 0.3) is 0 Å². The molecule has 0 radical (unpaired) electrons. The Bertz CT molecular complexity index is 923. The Morgan fingerprint density at radius 1 is 1.00 bits per heavy atom. The lowest BCUT2D eigenvalue weighted by atomic mass is 9.82. The Morgan fingerprint density at radius 2 is 1.59 bits per heavy atom. The van der Waals surface area contributed by atoms with Crippen molar-refractivity contribution in [3.05, 3.63) is 42.5 Å². The van der Waals surface area contributed by atoms with Gasteiger partial charge in [0.1, 0.15) is 6.54 Å². The standard InChI is InChI=1S/C21H30N2O3S/c1-20(2,3)15-21(4,5)22-19(24)14-23(27(6,25)26)18-13-9-11-16-10-7-8-12-17(16)18/h7-13H,14-15H2,1-6H3,(H,22,24). The summed E-state index contributed by atoms with van der Waals surface area (Å²) in [6.07, 6.45) is 1.90. The summed E-state index contributed by atoms with van der Waals surface area (Å²) in [7, 11) is -3.62. The molecule has 0 atom stereocenters. The van der Waals surface area contributed by atoms with Crippen molar-refractivity contribution < 1.29 is 13.2 Å². The molecule has 6 heteroatoms. The highest BCUT2D eigenvalue weighted by Gasteiger charge is 2.29. The number of nitrogens with zero attached hydrogens (tertiary/aromatic N) is 1. The minimum absolute atomic E-state index is 0.0446. The van der Waals surface area contributed by atoms with Gasteiger partial charge in [0.05, 0.1) is 11.9 Å². The Morgan fingerprint density at radius 3 is 2.19 bits per heavy atom. The average Bonchev–Trinajstić information content (AvgIpc) is 2.48. The zero-order chi connectivity index (χ0) is 20.5. The maximum absolute atomic E-state index is 12.7. The van der Waals surface area contributed by atoms with E-state index in [4.69, 9.17) is 0 Å². The molecule has 0 aliphatic rings. The van der Waals surface area contributed by atoms with E-state index in [1.54, 1.807) is 12.1 Å². The minimum atomic E-state index is -3.62. The highest BCUT2D eigenvalue weighted by Crippen LogP contribution is 2.29. The van der Waals surface area contributed by atoms with Gasteiger partial charge in [-0.2, -0.15) is 0 Å². The number of nitrogens with one attached hydrogen (secondary N) is 1. The van der Waals surface area contributed by atoms with Crippen LogP contribution in [0, 0.1) is 5.41 Å². The molecule has 0 heterocycles. The fraction of sp³-hybridized carbons (Fsp3) is 0.476. The maximum atomic E-state index is 12.7. The summed E-state index contributed by atoms with van der Waals surface area (Å²) >= 11 is 0. The predicted molar refractivity (Wildman–Crippen MR) is 112 cm³/mol. The summed E-state index contributed by atoms with van der Waals surface area (Å²) in [4.78, 5) is 12.7. The molecule has 2 rings (SSSR count). The molecule has 2 aromatic carbocycles. The van der Waals surface area contributed by atoms with Gasteiger partial charge in [0.15, 0.2) is 0 Å². The van der Waals surface area contributed by atoms with E-state index in [-0.39, 0.29) is 17.9 Å². The van der Waals surface area contributed by atoms with Gasteiger partial charge in [-0.25, -0.2) is 8.42 Å². The fourth-order valence-corrected chi connectivity index (χ4v) is 4.59. The van der Waals surface area contributed by atoms with E-state index in [0.29, 0.717) is 5.69 Å². The van der Waals surface area contributed by atoms with Crippen molar-refractivity contribution in [2.24, 2.45) is 5.41 Å². The molecule has 0 bridgehead atoms. The first-order valence-electron chi connectivity index (χ1n) is 9.05. The first-order chi connectivity index (χ1) is 12.3. The summed E-state index contributed by atoms with van der Waals surface area (Å²) in [5.74, 6) is -0.317. The molecule has 148 valence electrons. The molecule has 0 spiro atoms. The molecule has 0 saturated carbocycles. The maximum Gasteiger partial charge on any atom is 0.241 e. The Labute approximate surface area is 162 Å². The van der Waals surface area contributed by atoms with Crippen molar-refractivity contribution in [1.82, 2.24) is 5.32 Å². The number of sulfonamides is 1. The SMILES string of the molecule is CC(C)(C)CC(C)(C)NC(=O)CN(c1cccc2ccccc12)S(C)(=O)=O. The quantitative estimate of drug-likeness (QED) is 0.812. The number of amides is 1. The van der Waals surface area contributed by atoms with Crippen LogP contribution in [-0.2, 0) is 14.8 Å². The third-order valence-corrected chi connectivity index (χ3v) is 5.30. The van der Waals surface area contributed by atoms with Crippen molar-refractivity contribution in [1.29, 1.82) is 0 Å². The molecule has 0 saturated heterocycles. The van der Waals surface area contributed by atoms with Gasteiger partial charge in [0.2, 0.25) is 15.9 Å². The summed E-state index contributed by atoms with van der Waals surface area (Å²) in [6.45, 7) is 10.00. The number of fused-ring (bicyclic) bond motifs is 1. The third-order valence-electron chi connectivity index (χ3n) is 4.17. The summed E-state index contributed by atoms with van der Waals surface area (Å²) in [5.41, 5.74) is 0.125. The molecule has 0 unspecified atom stereocenters. The molecule has 1 amide bonds. The van der Waals surface area contributed by atoms with Gasteiger partial charge in [-0.3, -0.25) is 9.10 Å². The molecule has 0 aliphatic carbocycles. The Balaban J connectivity index is 2.32. The van der Waals surface area contributed by atoms with Crippen LogP contribution in [-0.4, -0.2) is 32.7 Å². The van der Waals surface area contributed by atoms with Crippen molar-refractivity contribution >= 4 is 32.4 Å². The number of benzene rings is 2. The molecule has 27 heavy (non-hydrogen) atoms. The van der Waals surface area contributed by atoms with Crippen molar-refractivity contribution in [3.63, 3.8) is 0 Å². The highest BCUT2D eigenvalue weighted by molar-refractivity contribution is 7.92. The summed E-state index contributed by atoms with van der Waals surface area (Å²) in [5, 5.41) is 4.71. The van der Waals surface area contributed by atoms with E-state index in [1.165, 1.54) is 4.31 Å². The molecular weight excluding hydrogens is 360 g/mol. The lowest BCUT2D eigenvalue weighted by molar-refractivity contribution is -0.121. The van der Waals surface area contributed by atoms with Crippen molar-refractivity contribution in [2.75, 3.05) is 17.1 Å².